The van der Waals surface area contributed by atoms with Crippen molar-refractivity contribution in [3.8, 4) is 23.0 Å². The van der Waals surface area contributed by atoms with Crippen molar-refractivity contribution in [2.45, 2.75) is 32.8 Å². The second-order valence-electron chi connectivity index (χ2n) is 6.60. The molecule has 1 amide bonds. The van der Waals surface area contributed by atoms with Gasteiger partial charge in [-0.3, -0.25) is 4.79 Å². The van der Waals surface area contributed by atoms with Gasteiger partial charge in [-0.25, -0.2) is 0 Å². The van der Waals surface area contributed by atoms with Gasteiger partial charge in [-0.05, 0) is 44.4 Å². The van der Waals surface area contributed by atoms with Crippen LogP contribution in [0.15, 0.2) is 42.5 Å². The lowest BCUT2D eigenvalue weighted by atomic mass is 10.1. The quantitative estimate of drug-likeness (QED) is 0.597. The van der Waals surface area contributed by atoms with Gasteiger partial charge in [0, 0.05) is 24.7 Å². The van der Waals surface area contributed by atoms with Crippen molar-refractivity contribution >= 4 is 5.91 Å². The second kappa shape index (κ2) is 11.1. The van der Waals surface area contributed by atoms with Crippen LogP contribution in [0.5, 0.6) is 23.0 Å². The molecule has 152 valence electrons. The number of hydrogen-bond acceptors (Lipinski definition) is 5. The Balaban J connectivity index is 1.69. The minimum absolute atomic E-state index is 0.0580. The van der Waals surface area contributed by atoms with E-state index < -0.39 is 0 Å². The second-order valence-corrected chi connectivity index (χ2v) is 6.60. The molecule has 28 heavy (non-hydrogen) atoms. The van der Waals surface area contributed by atoms with E-state index in [1.807, 2.05) is 26.0 Å². The maximum Gasteiger partial charge on any atom is 0.257 e. The van der Waals surface area contributed by atoms with Crippen LogP contribution in [0, 0.1) is 0 Å². The number of ether oxygens (including phenoxy) is 4. The molecule has 1 N–H and O–H groups in total. The molecule has 0 atom stereocenters. The number of carbonyl (C=O) groups excluding carboxylic acids is 1. The number of methoxy groups -OCH3 is 2. The number of rotatable bonds is 11. The Morgan fingerprint density at radius 3 is 2.11 bits per heavy atom. The van der Waals surface area contributed by atoms with E-state index in [-0.39, 0.29) is 18.6 Å². The molecule has 0 saturated carbocycles. The Morgan fingerprint density at radius 1 is 0.929 bits per heavy atom. The average Bonchev–Trinajstić information content (AvgIpc) is 2.70. The zero-order chi connectivity index (χ0) is 20.4. The van der Waals surface area contributed by atoms with Gasteiger partial charge in [-0.15, -0.1) is 0 Å². The summed E-state index contributed by atoms with van der Waals surface area (Å²) in [6.07, 6.45) is 1.90. The Hall–Kier alpha value is -2.89. The van der Waals surface area contributed by atoms with Gasteiger partial charge in [-0.1, -0.05) is 12.1 Å². The molecule has 0 bridgehead atoms. The first-order valence-electron chi connectivity index (χ1n) is 9.38. The van der Waals surface area contributed by atoms with Gasteiger partial charge in [0.05, 0.1) is 20.3 Å². The maximum absolute atomic E-state index is 12.0. The van der Waals surface area contributed by atoms with Crippen molar-refractivity contribution in [3.05, 3.63) is 48.0 Å². The highest BCUT2D eigenvalue weighted by molar-refractivity contribution is 5.77. The van der Waals surface area contributed by atoms with Crippen molar-refractivity contribution in [3.63, 3.8) is 0 Å². The van der Waals surface area contributed by atoms with Crippen LogP contribution in [0.1, 0.15) is 25.8 Å². The fourth-order valence-electron chi connectivity index (χ4n) is 2.59. The third kappa shape index (κ3) is 7.39. The number of carbonyl (C=O) groups is 1. The smallest absolute Gasteiger partial charge is 0.257 e. The highest BCUT2D eigenvalue weighted by atomic mass is 16.5. The fourth-order valence-corrected chi connectivity index (χ4v) is 2.59. The lowest BCUT2D eigenvalue weighted by Crippen LogP contribution is -2.29. The minimum Gasteiger partial charge on any atom is -0.496 e. The topological polar surface area (TPSA) is 66.0 Å². The van der Waals surface area contributed by atoms with Crippen LogP contribution in [0.2, 0.25) is 0 Å². The van der Waals surface area contributed by atoms with E-state index in [9.17, 15) is 4.79 Å². The molecule has 0 aromatic heterocycles. The van der Waals surface area contributed by atoms with E-state index in [0.717, 1.165) is 18.6 Å². The molecule has 0 aliphatic heterocycles. The van der Waals surface area contributed by atoms with Crippen LogP contribution >= 0.6 is 0 Å². The molecule has 6 heteroatoms. The molecule has 2 aromatic carbocycles. The first-order chi connectivity index (χ1) is 13.5. The van der Waals surface area contributed by atoms with Gasteiger partial charge < -0.3 is 24.3 Å². The molecule has 0 spiro atoms. The minimum atomic E-state index is -0.164. The molecular weight excluding hydrogens is 358 g/mol. The van der Waals surface area contributed by atoms with Crippen molar-refractivity contribution in [1.82, 2.24) is 5.32 Å². The number of amides is 1. The summed E-state index contributed by atoms with van der Waals surface area (Å²) in [6, 6.07) is 13.2. The molecule has 0 aliphatic carbocycles. The van der Waals surface area contributed by atoms with E-state index in [0.29, 0.717) is 23.8 Å². The molecule has 0 saturated heterocycles. The SMILES string of the molecule is COc1cc(OC)cc(OCC(=O)NCCCc2ccc(OC(C)C)cc2)c1. The molecule has 0 aliphatic rings. The van der Waals surface area contributed by atoms with Gasteiger partial charge in [0.15, 0.2) is 6.61 Å². The molecule has 6 nitrogen and oxygen atoms in total. The van der Waals surface area contributed by atoms with Gasteiger partial charge in [0.25, 0.3) is 5.91 Å². The van der Waals surface area contributed by atoms with Crippen molar-refractivity contribution < 1.29 is 23.7 Å². The van der Waals surface area contributed by atoms with Crippen LogP contribution < -0.4 is 24.3 Å². The van der Waals surface area contributed by atoms with Crippen LogP contribution in [0.25, 0.3) is 0 Å². The number of aryl methyl sites for hydroxylation is 1. The van der Waals surface area contributed by atoms with E-state index in [2.05, 4.69) is 17.4 Å². The molecule has 0 unspecified atom stereocenters. The van der Waals surface area contributed by atoms with E-state index >= 15 is 0 Å². The highest BCUT2D eigenvalue weighted by Gasteiger charge is 2.06. The van der Waals surface area contributed by atoms with E-state index in [1.54, 1.807) is 32.4 Å². The molecule has 0 radical (unpaired) electrons. The van der Waals surface area contributed by atoms with E-state index in [1.165, 1.54) is 5.56 Å². The zero-order valence-electron chi connectivity index (χ0n) is 17.0. The molecule has 0 heterocycles. The zero-order valence-corrected chi connectivity index (χ0v) is 17.0. The summed E-state index contributed by atoms with van der Waals surface area (Å²) < 4.78 is 21.5. The summed E-state index contributed by atoms with van der Waals surface area (Å²) in [4.78, 5) is 12.0. The summed E-state index contributed by atoms with van der Waals surface area (Å²) >= 11 is 0. The van der Waals surface area contributed by atoms with Gasteiger partial charge in [-0.2, -0.15) is 0 Å². The molecular formula is C22H29NO5. The molecule has 2 aromatic rings. The van der Waals surface area contributed by atoms with E-state index in [4.69, 9.17) is 18.9 Å². The lowest BCUT2D eigenvalue weighted by Gasteiger charge is -2.11. The van der Waals surface area contributed by atoms with Crippen molar-refractivity contribution in [1.29, 1.82) is 0 Å². The number of nitrogens with one attached hydrogen (secondary N) is 1. The van der Waals surface area contributed by atoms with Gasteiger partial charge in [0.2, 0.25) is 0 Å². The van der Waals surface area contributed by atoms with Crippen LogP contribution in [-0.4, -0.2) is 39.4 Å². The van der Waals surface area contributed by atoms with Crippen molar-refractivity contribution in [2.75, 3.05) is 27.4 Å². The van der Waals surface area contributed by atoms with Crippen molar-refractivity contribution in [2.24, 2.45) is 0 Å². The summed E-state index contributed by atoms with van der Waals surface area (Å²) in [7, 11) is 3.13. The molecule has 0 fully saturated rings. The maximum atomic E-state index is 12.0. The lowest BCUT2D eigenvalue weighted by molar-refractivity contribution is -0.123. The number of benzene rings is 2. The Labute approximate surface area is 166 Å². The Bertz CT molecular complexity index is 721. The van der Waals surface area contributed by atoms with Crippen LogP contribution in [0.4, 0.5) is 0 Å². The standard InChI is InChI=1S/C22H29NO5/c1-16(2)28-18-9-7-17(8-10-18)6-5-11-23-22(24)15-27-21-13-19(25-3)12-20(14-21)26-4/h7-10,12-14,16H,5-6,11,15H2,1-4H3,(H,23,24). The normalized spacial score (nSPS) is 10.5. The Kier molecular flexibility index (Phi) is 8.46. The summed E-state index contributed by atoms with van der Waals surface area (Å²) in [6.45, 7) is 4.54. The van der Waals surface area contributed by atoms with Crippen LogP contribution in [-0.2, 0) is 11.2 Å². The summed E-state index contributed by atoms with van der Waals surface area (Å²) in [5.41, 5.74) is 1.21. The predicted molar refractivity (Wildman–Crippen MR) is 109 cm³/mol. The largest absolute Gasteiger partial charge is 0.496 e. The fraction of sp³-hybridized carbons (Fsp3) is 0.409. The third-order valence-corrected chi connectivity index (χ3v) is 3.95. The van der Waals surface area contributed by atoms with Gasteiger partial charge >= 0.3 is 0 Å². The predicted octanol–water partition coefficient (Wildman–Crippen LogP) is 3.62. The van der Waals surface area contributed by atoms with Crippen LogP contribution in [0.3, 0.4) is 0 Å². The van der Waals surface area contributed by atoms with Gasteiger partial charge in [0.1, 0.15) is 23.0 Å². The number of hydrogen-bond donors (Lipinski definition) is 1. The highest BCUT2D eigenvalue weighted by Crippen LogP contribution is 2.27. The Morgan fingerprint density at radius 2 is 1.54 bits per heavy atom. The molecule has 2 rings (SSSR count). The monoisotopic (exact) mass is 387 g/mol. The first kappa shape index (κ1) is 21.4. The third-order valence-electron chi connectivity index (χ3n) is 3.95. The summed E-state index contributed by atoms with van der Waals surface area (Å²) in [5.74, 6) is 2.45. The summed E-state index contributed by atoms with van der Waals surface area (Å²) in [5, 5.41) is 2.87. The first-order valence-corrected chi connectivity index (χ1v) is 9.38. The average molecular weight is 387 g/mol.